The van der Waals surface area contributed by atoms with E-state index in [0.717, 1.165) is 17.1 Å². The van der Waals surface area contributed by atoms with E-state index in [9.17, 15) is 9.59 Å². The largest absolute Gasteiger partial charge is 0.481 e. The average Bonchev–Trinajstić information content (AvgIpc) is 3.05. The molecule has 1 heterocycles. The van der Waals surface area contributed by atoms with Crippen molar-refractivity contribution in [3.63, 3.8) is 0 Å². The molecule has 0 aliphatic carbocycles. The number of hydrogen-bond donors (Lipinski definition) is 2. The predicted molar refractivity (Wildman–Crippen MR) is 110 cm³/mol. The van der Waals surface area contributed by atoms with Crippen molar-refractivity contribution in [2.45, 2.75) is 13.8 Å². The number of hydrazone groups is 1. The van der Waals surface area contributed by atoms with Gasteiger partial charge in [-0.15, -0.1) is 0 Å². The fourth-order valence-corrected chi connectivity index (χ4v) is 2.92. The minimum absolute atomic E-state index is 0.349. The fraction of sp³-hybridized carbons (Fsp3) is 0.136. The van der Waals surface area contributed by atoms with Crippen LogP contribution < -0.4 is 10.2 Å². The van der Waals surface area contributed by atoms with Gasteiger partial charge >= 0.3 is 5.97 Å². The zero-order valence-electron chi connectivity index (χ0n) is 16.1. The molecule has 7 nitrogen and oxygen atoms in total. The number of aromatic nitrogens is 1. The second-order valence-electron chi connectivity index (χ2n) is 6.42. The normalized spacial score (nSPS) is 10.8. The highest BCUT2D eigenvalue weighted by atomic mass is 16.5. The number of nitrogens with one attached hydrogen (secondary N) is 1. The summed E-state index contributed by atoms with van der Waals surface area (Å²) in [6, 6.07) is 18.2. The van der Waals surface area contributed by atoms with Crippen LogP contribution in [0.25, 0.3) is 5.69 Å². The summed E-state index contributed by atoms with van der Waals surface area (Å²) in [6.45, 7) is 3.60. The molecule has 2 aromatic carbocycles. The van der Waals surface area contributed by atoms with Crippen LogP contribution in [-0.4, -0.2) is 34.4 Å². The van der Waals surface area contributed by atoms with Gasteiger partial charge in [0.2, 0.25) is 0 Å². The lowest BCUT2D eigenvalue weighted by atomic mass is 10.2. The van der Waals surface area contributed by atoms with Gasteiger partial charge < -0.3 is 14.4 Å². The van der Waals surface area contributed by atoms with Gasteiger partial charge in [0.05, 0.1) is 6.21 Å². The highest BCUT2D eigenvalue weighted by Crippen LogP contribution is 2.17. The van der Waals surface area contributed by atoms with Crippen molar-refractivity contribution in [1.29, 1.82) is 0 Å². The van der Waals surface area contributed by atoms with E-state index in [1.54, 1.807) is 36.4 Å². The third kappa shape index (κ3) is 4.90. The number of carbonyl (C=O) groups is 2. The van der Waals surface area contributed by atoms with Crippen molar-refractivity contribution in [3.05, 3.63) is 83.2 Å². The smallest absolute Gasteiger partial charge is 0.341 e. The van der Waals surface area contributed by atoms with Gasteiger partial charge in [-0.2, -0.15) is 5.10 Å². The number of aryl methyl sites for hydroxylation is 2. The summed E-state index contributed by atoms with van der Waals surface area (Å²) in [5.74, 6) is -1.05. The Morgan fingerprint density at radius 2 is 1.69 bits per heavy atom. The van der Waals surface area contributed by atoms with Gasteiger partial charge in [0.25, 0.3) is 5.91 Å². The highest BCUT2D eigenvalue weighted by molar-refractivity contribution is 5.95. The van der Waals surface area contributed by atoms with Gasteiger partial charge in [0.15, 0.2) is 6.61 Å². The molecule has 7 heteroatoms. The number of nitrogens with zero attached hydrogens (tertiary/aromatic N) is 2. The van der Waals surface area contributed by atoms with Crippen LogP contribution in [0.1, 0.15) is 27.3 Å². The zero-order valence-corrected chi connectivity index (χ0v) is 16.1. The predicted octanol–water partition coefficient (Wildman–Crippen LogP) is 3.32. The molecule has 0 aliphatic rings. The molecule has 0 atom stereocenters. The highest BCUT2D eigenvalue weighted by Gasteiger charge is 2.08. The van der Waals surface area contributed by atoms with E-state index >= 15 is 0 Å². The van der Waals surface area contributed by atoms with Crippen LogP contribution in [-0.2, 0) is 4.79 Å². The van der Waals surface area contributed by atoms with Crippen LogP contribution in [0.2, 0.25) is 0 Å². The Balaban J connectivity index is 1.66. The second-order valence-corrected chi connectivity index (χ2v) is 6.42. The Bertz CT molecular complexity index is 1030. The monoisotopic (exact) mass is 391 g/mol. The molecule has 0 saturated carbocycles. The van der Waals surface area contributed by atoms with E-state index in [1.807, 2.05) is 38.1 Å². The Hall–Kier alpha value is -3.87. The Morgan fingerprint density at radius 1 is 1.03 bits per heavy atom. The van der Waals surface area contributed by atoms with E-state index in [2.05, 4.69) is 15.1 Å². The van der Waals surface area contributed by atoms with E-state index < -0.39 is 12.6 Å². The average molecular weight is 391 g/mol. The van der Waals surface area contributed by atoms with Crippen LogP contribution in [0.15, 0.2) is 65.8 Å². The van der Waals surface area contributed by atoms with Crippen LogP contribution in [0.3, 0.4) is 0 Å². The van der Waals surface area contributed by atoms with Gasteiger partial charge in [0, 0.05) is 28.2 Å². The summed E-state index contributed by atoms with van der Waals surface area (Å²) >= 11 is 0. The molecule has 0 bridgehead atoms. The molecule has 0 spiro atoms. The molecule has 1 aromatic heterocycles. The molecule has 29 heavy (non-hydrogen) atoms. The number of hydrogen-bond acceptors (Lipinski definition) is 4. The molecule has 0 saturated heterocycles. The lowest BCUT2D eigenvalue weighted by molar-refractivity contribution is -0.139. The number of rotatable bonds is 7. The summed E-state index contributed by atoms with van der Waals surface area (Å²) < 4.78 is 7.31. The van der Waals surface area contributed by atoms with E-state index in [0.29, 0.717) is 16.9 Å². The molecule has 0 radical (unpaired) electrons. The van der Waals surface area contributed by atoms with Crippen molar-refractivity contribution in [1.82, 2.24) is 9.99 Å². The number of amides is 1. The van der Waals surface area contributed by atoms with Crippen molar-refractivity contribution in [2.24, 2.45) is 5.10 Å². The molecule has 0 aliphatic heterocycles. The number of aliphatic carboxylic acids is 1. The first-order valence-electron chi connectivity index (χ1n) is 8.98. The van der Waals surface area contributed by atoms with Crippen molar-refractivity contribution >= 4 is 18.1 Å². The molecule has 0 fully saturated rings. The fourth-order valence-electron chi connectivity index (χ4n) is 2.92. The number of carboxylic acids is 1. The van der Waals surface area contributed by atoms with Crippen LogP contribution in [0.4, 0.5) is 0 Å². The van der Waals surface area contributed by atoms with Crippen molar-refractivity contribution in [3.8, 4) is 11.4 Å². The first kappa shape index (κ1) is 19.9. The standard InChI is InChI=1S/C22H21N3O4/c1-15-7-8-16(2)25(15)19-11-9-17(10-12-19)22(28)24-23-13-18-5-3-4-6-20(18)29-14-21(26)27/h3-13H,14H2,1-2H3,(H,24,28)(H,26,27)/b23-13+. The molecule has 148 valence electrons. The summed E-state index contributed by atoms with van der Waals surface area (Å²) in [5.41, 5.74) is 6.72. The van der Waals surface area contributed by atoms with Crippen LogP contribution in [0.5, 0.6) is 5.75 Å². The van der Waals surface area contributed by atoms with Gasteiger partial charge in [-0.05, 0) is 62.4 Å². The zero-order chi connectivity index (χ0) is 20.8. The third-order valence-electron chi connectivity index (χ3n) is 4.30. The summed E-state index contributed by atoms with van der Waals surface area (Å²) in [6.07, 6.45) is 1.41. The molecular weight excluding hydrogens is 370 g/mol. The van der Waals surface area contributed by atoms with Crippen molar-refractivity contribution in [2.75, 3.05) is 6.61 Å². The Kier molecular flexibility index (Phi) is 6.09. The lowest BCUT2D eigenvalue weighted by Crippen LogP contribution is -2.17. The summed E-state index contributed by atoms with van der Waals surface area (Å²) in [7, 11) is 0. The van der Waals surface area contributed by atoms with Gasteiger partial charge in [-0.3, -0.25) is 4.79 Å². The molecule has 2 N–H and O–H groups in total. The maximum atomic E-state index is 12.3. The van der Waals surface area contributed by atoms with Gasteiger partial charge in [-0.25, -0.2) is 10.2 Å². The van der Waals surface area contributed by atoms with Gasteiger partial charge in [0.1, 0.15) is 5.75 Å². The minimum Gasteiger partial charge on any atom is -0.481 e. The number of carboxylic acid groups (broad SMARTS) is 1. The SMILES string of the molecule is Cc1ccc(C)n1-c1ccc(C(=O)N/N=C/c2ccccc2OCC(=O)O)cc1. The maximum absolute atomic E-state index is 12.3. The Labute approximate surface area is 168 Å². The molecule has 1 amide bonds. The molecule has 3 aromatic rings. The van der Waals surface area contributed by atoms with Crippen LogP contribution >= 0.6 is 0 Å². The van der Waals surface area contributed by atoms with Crippen LogP contribution in [0, 0.1) is 13.8 Å². The summed E-state index contributed by atoms with van der Waals surface area (Å²) in [4.78, 5) is 23.0. The molecular formula is C22H21N3O4. The molecule has 0 unspecified atom stereocenters. The van der Waals surface area contributed by atoms with Gasteiger partial charge in [-0.1, -0.05) is 12.1 Å². The lowest BCUT2D eigenvalue weighted by Gasteiger charge is -2.10. The number of benzene rings is 2. The van der Waals surface area contributed by atoms with E-state index in [4.69, 9.17) is 9.84 Å². The summed E-state index contributed by atoms with van der Waals surface area (Å²) in [5, 5.41) is 12.7. The third-order valence-corrected chi connectivity index (χ3v) is 4.30. The Morgan fingerprint density at radius 3 is 2.34 bits per heavy atom. The van der Waals surface area contributed by atoms with Crippen molar-refractivity contribution < 1.29 is 19.4 Å². The minimum atomic E-state index is -1.07. The number of carbonyl (C=O) groups excluding carboxylic acids is 1. The molecule has 3 rings (SSSR count). The first-order chi connectivity index (χ1) is 14.0. The first-order valence-corrected chi connectivity index (χ1v) is 8.98. The second kappa shape index (κ2) is 8.88. The quantitative estimate of drug-likeness (QED) is 0.477. The number of ether oxygens (including phenoxy) is 1. The topological polar surface area (TPSA) is 92.9 Å². The van der Waals surface area contributed by atoms with E-state index in [1.165, 1.54) is 6.21 Å². The number of para-hydroxylation sites is 1. The van der Waals surface area contributed by atoms with E-state index in [-0.39, 0.29) is 5.91 Å². The maximum Gasteiger partial charge on any atom is 0.341 e.